The largest absolute Gasteiger partial charge is 0.455 e. The lowest BCUT2D eigenvalue weighted by molar-refractivity contribution is 0.481. The van der Waals surface area contributed by atoms with Crippen molar-refractivity contribution in [3.05, 3.63) is 57.6 Å². The number of benzene rings is 2. The highest BCUT2D eigenvalue weighted by Gasteiger charge is 2.10. The van der Waals surface area contributed by atoms with Crippen LogP contribution < -0.4 is 10.5 Å². The van der Waals surface area contributed by atoms with Crippen molar-refractivity contribution in [2.45, 2.75) is 6.92 Å². The van der Waals surface area contributed by atoms with Crippen LogP contribution in [0.3, 0.4) is 0 Å². The van der Waals surface area contributed by atoms with E-state index in [1.54, 1.807) is 30.3 Å². The molecule has 0 heterocycles. The second kappa shape index (κ2) is 5.51. The molecule has 19 heavy (non-hydrogen) atoms. The van der Waals surface area contributed by atoms with Gasteiger partial charge in [-0.05, 0) is 31.2 Å². The monoisotopic (exact) mass is 294 g/mol. The number of hydrogen-bond donors (Lipinski definition) is 2. The Balaban J connectivity index is 2.43. The minimum atomic E-state index is -0.0585. The summed E-state index contributed by atoms with van der Waals surface area (Å²) in [5, 5.41) is 8.54. The molecule has 3 N–H and O–H groups in total. The standard InChI is InChI=1S/C14H12Cl2N2O/c1-8-2-5-12(10(6-8)14(17)18)19-13-7-9(15)3-4-11(13)16/h2-7H,1H3,(H3,17,18). The topological polar surface area (TPSA) is 59.1 Å². The third-order valence-electron chi connectivity index (χ3n) is 2.54. The lowest BCUT2D eigenvalue weighted by atomic mass is 10.1. The number of rotatable bonds is 3. The van der Waals surface area contributed by atoms with Crippen LogP contribution >= 0.6 is 23.2 Å². The van der Waals surface area contributed by atoms with Crippen LogP contribution in [0.1, 0.15) is 11.1 Å². The van der Waals surface area contributed by atoms with Gasteiger partial charge < -0.3 is 10.5 Å². The number of amidine groups is 1. The molecule has 98 valence electrons. The van der Waals surface area contributed by atoms with Gasteiger partial charge in [0.05, 0.1) is 10.6 Å². The average Bonchev–Trinajstić information content (AvgIpc) is 2.35. The maximum Gasteiger partial charge on any atom is 0.147 e. The predicted octanol–water partition coefficient (Wildman–Crippen LogP) is 4.38. The Hall–Kier alpha value is -1.71. The Morgan fingerprint density at radius 3 is 2.53 bits per heavy atom. The first kappa shape index (κ1) is 13.7. The van der Waals surface area contributed by atoms with Gasteiger partial charge in [-0.25, -0.2) is 0 Å². The minimum absolute atomic E-state index is 0.0585. The van der Waals surface area contributed by atoms with Gasteiger partial charge in [0.25, 0.3) is 0 Å². The van der Waals surface area contributed by atoms with Gasteiger partial charge in [0.2, 0.25) is 0 Å². The van der Waals surface area contributed by atoms with E-state index in [0.29, 0.717) is 27.1 Å². The maximum atomic E-state index is 7.57. The van der Waals surface area contributed by atoms with E-state index in [2.05, 4.69) is 0 Å². The number of nitrogens with one attached hydrogen (secondary N) is 1. The lowest BCUT2D eigenvalue weighted by Crippen LogP contribution is -2.12. The molecule has 3 nitrogen and oxygen atoms in total. The molecule has 2 rings (SSSR count). The summed E-state index contributed by atoms with van der Waals surface area (Å²) in [6.07, 6.45) is 0. The molecule has 0 spiro atoms. The van der Waals surface area contributed by atoms with Crippen molar-refractivity contribution in [1.82, 2.24) is 0 Å². The molecule has 0 saturated carbocycles. The molecule has 0 aliphatic heterocycles. The first-order chi connectivity index (χ1) is 8.97. The fourth-order valence-corrected chi connectivity index (χ4v) is 1.94. The van der Waals surface area contributed by atoms with Gasteiger partial charge in [-0.1, -0.05) is 34.8 Å². The maximum absolute atomic E-state index is 7.57. The molecule has 2 aromatic rings. The summed E-state index contributed by atoms with van der Waals surface area (Å²) in [6.45, 7) is 1.92. The lowest BCUT2D eigenvalue weighted by Gasteiger charge is -2.12. The van der Waals surface area contributed by atoms with E-state index < -0.39 is 0 Å². The van der Waals surface area contributed by atoms with Gasteiger partial charge in [0, 0.05) is 11.1 Å². The van der Waals surface area contributed by atoms with Crippen LogP contribution in [0.15, 0.2) is 36.4 Å². The average molecular weight is 295 g/mol. The number of nitrogen functional groups attached to an aromatic ring is 1. The third-order valence-corrected chi connectivity index (χ3v) is 3.09. The van der Waals surface area contributed by atoms with Crippen LogP contribution in [-0.2, 0) is 0 Å². The molecule has 0 radical (unpaired) electrons. The molecule has 0 saturated heterocycles. The summed E-state index contributed by atoms with van der Waals surface area (Å²) in [6, 6.07) is 10.4. The van der Waals surface area contributed by atoms with Gasteiger partial charge in [-0.15, -0.1) is 0 Å². The molecule has 0 aliphatic carbocycles. The van der Waals surface area contributed by atoms with Gasteiger partial charge in [-0.2, -0.15) is 0 Å². The Kier molecular flexibility index (Phi) is 3.98. The van der Waals surface area contributed by atoms with Gasteiger partial charge >= 0.3 is 0 Å². The normalized spacial score (nSPS) is 10.3. The van der Waals surface area contributed by atoms with E-state index in [-0.39, 0.29) is 5.84 Å². The van der Waals surface area contributed by atoms with E-state index in [0.717, 1.165) is 5.56 Å². The van der Waals surface area contributed by atoms with Crippen molar-refractivity contribution >= 4 is 29.0 Å². The van der Waals surface area contributed by atoms with Gasteiger partial charge in [-0.3, -0.25) is 5.41 Å². The number of hydrogen-bond acceptors (Lipinski definition) is 2. The molecule has 2 aromatic carbocycles. The molecular weight excluding hydrogens is 283 g/mol. The predicted molar refractivity (Wildman–Crippen MR) is 78.7 cm³/mol. The summed E-state index contributed by atoms with van der Waals surface area (Å²) in [7, 11) is 0. The van der Waals surface area contributed by atoms with Gasteiger partial charge in [0.1, 0.15) is 17.3 Å². The van der Waals surface area contributed by atoms with E-state index >= 15 is 0 Å². The number of ether oxygens (including phenoxy) is 1. The minimum Gasteiger partial charge on any atom is -0.455 e. The SMILES string of the molecule is Cc1ccc(Oc2cc(Cl)ccc2Cl)c(C(=N)N)c1. The first-order valence-electron chi connectivity index (χ1n) is 5.55. The van der Waals surface area contributed by atoms with E-state index in [4.69, 9.17) is 39.1 Å². The van der Waals surface area contributed by atoms with E-state index in [1.165, 1.54) is 0 Å². The highest BCUT2D eigenvalue weighted by molar-refractivity contribution is 6.34. The summed E-state index contributed by atoms with van der Waals surface area (Å²) in [5.74, 6) is 0.847. The van der Waals surface area contributed by atoms with E-state index in [1.807, 2.05) is 13.0 Å². The van der Waals surface area contributed by atoms with Crippen molar-refractivity contribution in [2.24, 2.45) is 5.73 Å². The fourth-order valence-electron chi connectivity index (χ4n) is 1.62. The Bertz CT molecular complexity index is 641. The van der Waals surface area contributed by atoms with Crippen LogP contribution in [0.2, 0.25) is 10.0 Å². The smallest absolute Gasteiger partial charge is 0.147 e. The molecule has 0 fully saturated rings. The molecule has 0 atom stereocenters. The molecular formula is C14H12Cl2N2O. The van der Waals surface area contributed by atoms with Crippen LogP contribution in [-0.4, -0.2) is 5.84 Å². The second-order valence-electron chi connectivity index (χ2n) is 4.09. The van der Waals surface area contributed by atoms with Crippen molar-refractivity contribution in [3.8, 4) is 11.5 Å². The van der Waals surface area contributed by atoms with E-state index in [9.17, 15) is 0 Å². The molecule has 0 amide bonds. The van der Waals surface area contributed by atoms with Crippen LogP contribution in [0.4, 0.5) is 0 Å². The summed E-state index contributed by atoms with van der Waals surface area (Å²) < 4.78 is 5.70. The van der Waals surface area contributed by atoms with Crippen LogP contribution in [0.25, 0.3) is 0 Å². The van der Waals surface area contributed by atoms with Crippen molar-refractivity contribution < 1.29 is 4.74 Å². The Morgan fingerprint density at radius 2 is 1.84 bits per heavy atom. The summed E-state index contributed by atoms with van der Waals surface area (Å²) >= 11 is 11.9. The van der Waals surface area contributed by atoms with Crippen molar-refractivity contribution in [1.29, 1.82) is 5.41 Å². The van der Waals surface area contributed by atoms with Gasteiger partial charge in [0.15, 0.2) is 0 Å². The van der Waals surface area contributed by atoms with Crippen molar-refractivity contribution in [3.63, 3.8) is 0 Å². The second-order valence-corrected chi connectivity index (χ2v) is 4.93. The summed E-state index contributed by atoms with van der Waals surface area (Å²) in [5.41, 5.74) is 7.07. The van der Waals surface area contributed by atoms with Crippen molar-refractivity contribution in [2.75, 3.05) is 0 Å². The quantitative estimate of drug-likeness (QED) is 0.652. The number of halogens is 2. The first-order valence-corrected chi connectivity index (χ1v) is 6.31. The highest BCUT2D eigenvalue weighted by atomic mass is 35.5. The highest BCUT2D eigenvalue weighted by Crippen LogP contribution is 2.33. The summed E-state index contributed by atoms with van der Waals surface area (Å²) in [4.78, 5) is 0. The fraction of sp³-hybridized carbons (Fsp3) is 0.0714. The zero-order chi connectivity index (χ0) is 14.0. The molecule has 0 aliphatic rings. The Morgan fingerprint density at radius 1 is 1.11 bits per heavy atom. The number of nitrogens with two attached hydrogens (primary N) is 1. The zero-order valence-electron chi connectivity index (χ0n) is 10.2. The van der Waals surface area contributed by atoms with Crippen LogP contribution in [0.5, 0.6) is 11.5 Å². The molecule has 0 aromatic heterocycles. The Labute approximate surface area is 121 Å². The number of aryl methyl sites for hydroxylation is 1. The molecule has 5 heteroatoms. The molecule has 0 bridgehead atoms. The third kappa shape index (κ3) is 3.19. The molecule has 0 unspecified atom stereocenters. The van der Waals surface area contributed by atoms with Crippen LogP contribution in [0, 0.1) is 12.3 Å². The zero-order valence-corrected chi connectivity index (χ0v) is 11.7.